The fourth-order valence-electron chi connectivity index (χ4n) is 1.20. The van der Waals surface area contributed by atoms with Gasteiger partial charge in [-0.3, -0.25) is 0 Å². The number of nitrogen functional groups attached to an aromatic ring is 1. The zero-order chi connectivity index (χ0) is 11.3. The number of aryl methyl sites for hydroxylation is 1. The van der Waals surface area contributed by atoms with Crippen LogP contribution in [0.3, 0.4) is 0 Å². The van der Waals surface area contributed by atoms with Gasteiger partial charge in [-0.25, -0.2) is 0 Å². The van der Waals surface area contributed by atoms with Gasteiger partial charge in [0.1, 0.15) is 0 Å². The Morgan fingerprint density at radius 1 is 1.53 bits per heavy atom. The normalized spacial score (nSPS) is 12.7. The first kappa shape index (κ1) is 12.4. The van der Waals surface area contributed by atoms with E-state index in [1.54, 1.807) is 18.9 Å². The number of hydrogen-bond acceptors (Lipinski definition) is 4. The molecule has 1 aromatic carbocycles. The van der Waals surface area contributed by atoms with E-state index >= 15 is 0 Å². The number of rotatable bonds is 5. The molecule has 0 saturated carbocycles. The van der Waals surface area contributed by atoms with E-state index in [1.165, 1.54) is 5.56 Å². The van der Waals surface area contributed by atoms with Crippen molar-refractivity contribution in [2.24, 2.45) is 0 Å². The predicted molar refractivity (Wildman–Crippen MR) is 64.2 cm³/mol. The maximum atomic E-state index is 9.49. The molecule has 0 saturated heterocycles. The molecule has 0 aliphatic rings. The molecule has 3 N–H and O–H groups in total. The van der Waals surface area contributed by atoms with E-state index < -0.39 is 6.10 Å². The van der Waals surface area contributed by atoms with Gasteiger partial charge in [-0.05, 0) is 24.6 Å². The highest BCUT2D eigenvalue weighted by Gasteiger charge is 2.06. The zero-order valence-corrected chi connectivity index (χ0v) is 9.88. The SMILES string of the molecule is COCC(O)CSc1cc(N)ccc1C. The lowest BCUT2D eigenvalue weighted by molar-refractivity contribution is 0.0794. The number of methoxy groups -OCH3 is 1. The first-order valence-corrected chi connectivity index (χ1v) is 5.78. The van der Waals surface area contributed by atoms with Crippen LogP contribution in [0, 0.1) is 6.92 Å². The number of nitrogens with two attached hydrogens (primary N) is 1. The molecule has 15 heavy (non-hydrogen) atoms. The molecule has 0 amide bonds. The van der Waals surface area contributed by atoms with Crippen LogP contribution in [0.1, 0.15) is 5.56 Å². The molecule has 0 radical (unpaired) electrons. The van der Waals surface area contributed by atoms with Gasteiger partial charge in [0, 0.05) is 23.4 Å². The highest BCUT2D eigenvalue weighted by atomic mass is 32.2. The minimum absolute atomic E-state index is 0.369. The van der Waals surface area contributed by atoms with Gasteiger partial charge in [0.15, 0.2) is 0 Å². The number of hydrogen-bond donors (Lipinski definition) is 2. The molecule has 0 aliphatic heterocycles. The van der Waals surface area contributed by atoms with E-state index in [0.29, 0.717) is 12.4 Å². The molecule has 1 aromatic rings. The summed E-state index contributed by atoms with van der Waals surface area (Å²) >= 11 is 1.60. The van der Waals surface area contributed by atoms with E-state index in [0.717, 1.165) is 10.6 Å². The average molecular weight is 227 g/mol. The molecule has 0 heterocycles. The van der Waals surface area contributed by atoms with Gasteiger partial charge >= 0.3 is 0 Å². The number of aliphatic hydroxyl groups is 1. The van der Waals surface area contributed by atoms with Crippen molar-refractivity contribution in [3.05, 3.63) is 23.8 Å². The number of ether oxygens (including phenoxy) is 1. The van der Waals surface area contributed by atoms with Crippen molar-refractivity contribution in [2.45, 2.75) is 17.9 Å². The molecule has 1 unspecified atom stereocenters. The summed E-state index contributed by atoms with van der Waals surface area (Å²) in [5.74, 6) is 0.623. The van der Waals surface area contributed by atoms with Crippen LogP contribution < -0.4 is 5.73 Å². The summed E-state index contributed by atoms with van der Waals surface area (Å²) in [5.41, 5.74) is 7.63. The Morgan fingerprint density at radius 3 is 2.93 bits per heavy atom. The van der Waals surface area contributed by atoms with Crippen LogP contribution in [0.25, 0.3) is 0 Å². The second-order valence-corrected chi connectivity index (χ2v) is 4.51. The van der Waals surface area contributed by atoms with Gasteiger partial charge in [-0.2, -0.15) is 0 Å². The lowest BCUT2D eigenvalue weighted by atomic mass is 10.2. The molecule has 1 atom stereocenters. The molecule has 1 rings (SSSR count). The average Bonchev–Trinajstić information content (AvgIpc) is 2.20. The smallest absolute Gasteiger partial charge is 0.0867 e. The summed E-state index contributed by atoms with van der Waals surface area (Å²) in [6.45, 7) is 2.40. The van der Waals surface area contributed by atoms with Crippen molar-refractivity contribution in [3.8, 4) is 0 Å². The van der Waals surface area contributed by atoms with Crippen LogP contribution in [0.15, 0.2) is 23.1 Å². The summed E-state index contributed by atoms with van der Waals surface area (Å²) < 4.78 is 4.86. The van der Waals surface area contributed by atoms with E-state index in [1.807, 2.05) is 25.1 Å². The van der Waals surface area contributed by atoms with Gasteiger partial charge in [0.25, 0.3) is 0 Å². The zero-order valence-electron chi connectivity index (χ0n) is 9.06. The highest BCUT2D eigenvalue weighted by Crippen LogP contribution is 2.25. The van der Waals surface area contributed by atoms with Crippen LogP contribution in [0.5, 0.6) is 0 Å². The third-order valence-electron chi connectivity index (χ3n) is 2.00. The Labute approximate surface area is 94.6 Å². The van der Waals surface area contributed by atoms with Crippen LogP contribution >= 0.6 is 11.8 Å². The molecule has 3 nitrogen and oxygen atoms in total. The summed E-state index contributed by atoms with van der Waals surface area (Å²) in [7, 11) is 1.58. The second kappa shape index (κ2) is 6.00. The highest BCUT2D eigenvalue weighted by molar-refractivity contribution is 7.99. The van der Waals surface area contributed by atoms with Crippen LogP contribution in [-0.2, 0) is 4.74 Å². The van der Waals surface area contributed by atoms with Crippen molar-refractivity contribution < 1.29 is 9.84 Å². The monoisotopic (exact) mass is 227 g/mol. The minimum atomic E-state index is -0.430. The maximum Gasteiger partial charge on any atom is 0.0867 e. The fraction of sp³-hybridized carbons (Fsp3) is 0.455. The lowest BCUT2D eigenvalue weighted by Gasteiger charge is -2.10. The van der Waals surface area contributed by atoms with Crippen molar-refractivity contribution in [2.75, 3.05) is 25.2 Å². The topological polar surface area (TPSA) is 55.5 Å². The summed E-state index contributed by atoms with van der Waals surface area (Å²) in [6.07, 6.45) is -0.430. The van der Waals surface area contributed by atoms with Crippen molar-refractivity contribution in [3.63, 3.8) is 0 Å². The quantitative estimate of drug-likeness (QED) is 0.593. The summed E-state index contributed by atoms with van der Waals surface area (Å²) in [6, 6.07) is 5.80. The van der Waals surface area contributed by atoms with Gasteiger partial charge in [0.2, 0.25) is 0 Å². The largest absolute Gasteiger partial charge is 0.399 e. The first-order valence-electron chi connectivity index (χ1n) is 4.79. The Hall–Kier alpha value is -0.710. The predicted octanol–water partition coefficient (Wildman–Crippen LogP) is 1.68. The van der Waals surface area contributed by atoms with E-state index in [2.05, 4.69) is 0 Å². The Morgan fingerprint density at radius 2 is 2.27 bits per heavy atom. The third kappa shape index (κ3) is 4.11. The van der Waals surface area contributed by atoms with Crippen LogP contribution in [-0.4, -0.2) is 30.7 Å². The van der Waals surface area contributed by atoms with Gasteiger partial charge in [-0.1, -0.05) is 6.07 Å². The number of benzene rings is 1. The lowest BCUT2D eigenvalue weighted by Crippen LogP contribution is -2.16. The second-order valence-electron chi connectivity index (χ2n) is 3.45. The minimum Gasteiger partial charge on any atom is -0.399 e. The van der Waals surface area contributed by atoms with E-state index in [4.69, 9.17) is 10.5 Å². The standard InChI is InChI=1S/C11H17NO2S/c1-8-3-4-9(12)5-11(8)15-7-10(13)6-14-2/h3-5,10,13H,6-7,12H2,1-2H3. The Kier molecular flexibility index (Phi) is 4.94. The molecule has 0 bridgehead atoms. The fourth-order valence-corrected chi connectivity index (χ4v) is 2.18. The summed E-state index contributed by atoms with van der Waals surface area (Å²) in [4.78, 5) is 1.12. The molecule has 0 aliphatic carbocycles. The van der Waals surface area contributed by atoms with Crippen LogP contribution in [0.2, 0.25) is 0 Å². The van der Waals surface area contributed by atoms with Gasteiger partial charge in [-0.15, -0.1) is 11.8 Å². The maximum absolute atomic E-state index is 9.49. The molecular weight excluding hydrogens is 210 g/mol. The van der Waals surface area contributed by atoms with Gasteiger partial charge < -0.3 is 15.6 Å². The van der Waals surface area contributed by atoms with Gasteiger partial charge in [0.05, 0.1) is 12.7 Å². The molecular formula is C11H17NO2S. The van der Waals surface area contributed by atoms with Crippen molar-refractivity contribution in [1.82, 2.24) is 0 Å². The number of aliphatic hydroxyl groups excluding tert-OH is 1. The molecule has 0 spiro atoms. The number of anilines is 1. The van der Waals surface area contributed by atoms with E-state index in [9.17, 15) is 5.11 Å². The van der Waals surface area contributed by atoms with Crippen molar-refractivity contribution >= 4 is 17.4 Å². The third-order valence-corrected chi connectivity index (χ3v) is 3.30. The molecule has 0 aromatic heterocycles. The Balaban J connectivity index is 2.53. The van der Waals surface area contributed by atoms with Crippen molar-refractivity contribution in [1.29, 1.82) is 0 Å². The molecule has 84 valence electrons. The van der Waals surface area contributed by atoms with Crippen LogP contribution in [0.4, 0.5) is 5.69 Å². The number of thioether (sulfide) groups is 1. The van der Waals surface area contributed by atoms with E-state index in [-0.39, 0.29) is 0 Å². The summed E-state index contributed by atoms with van der Waals surface area (Å²) in [5, 5.41) is 9.49. The Bertz CT molecular complexity index is 317. The molecule has 4 heteroatoms. The first-order chi connectivity index (χ1) is 7.13. The molecule has 0 fully saturated rings.